The normalized spacial score (nSPS) is 11.5. The van der Waals surface area contributed by atoms with E-state index in [-0.39, 0.29) is 0 Å². The molecule has 0 aliphatic rings. The van der Waals surface area contributed by atoms with Gasteiger partial charge < -0.3 is 10.1 Å². The van der Waals surface area contributed by atoms with Gasteiger partial charge in [0.1, 0.15) is 10.8 Å². The number of carbonyl (C=O) groups excluding carboxylic acids is 1. The van der Waals surface area contributed by atoms with Crippen LogP contribution in [0.1, 0.15) is 37.5 Å². The van der Waals surface area contributed by atoms with Crippen molar-refractivity contribution >= 4 is 29.8 Å². The molecule has 0 aliphatic heterocycles. The maximum atomic E-state index is 11.6. The van der Waals surface area contributed by atoms with Crippen LogP contribution in [-0.2, 0) is 11.3 Å². The van der Waals surface area contributed by atoms with Crippen molar-refractivity contribution in [3.05, 3.63) is 64.4 Å². The number of aromatic nitrogens is 1. The van der Waals surface area contributed by atoms with Crippen molar-refractivity contribution in [1.29, 1.82) is 0 Å². The second-order valence-electron chi connectivity index (χ2n) is 6.34. The number of nitrogens with zero attached hydrogens (tertiary/aromatic N) is 1. The van der Waals surface area contributed by atoms with Crippen LogP contribution in [-0.4, -0.2) is 16.7 Å². The highest BCUT2D eigenvalue weighted by atomic mass is 35.5. The Balaban J connectivity index is 1.90. The fourth-order valence-electron chi connectivity index (χ4n) is 1.95. The van der Waals surface area contributed by atoms with Crippen molar-refractivity contribution in [3.63, 3.8) is 0 Å². The van der Waals surface area contributed by atoms with Crippen LogP contribution in [0.4, 0.5) is 4.79 Å². The molecule has 5 heteroatoms. The predicted molar refractivity (Wildman–Crippen MR) is 97.7 cm³/mol. The summed E-state index contributed by atoms with van der Waals surface area (Å²) in [5.41, 5.74) is 2.56. The Morgan fingerprint density at radius 1 is 1.17 bits per heavy atom. The lowest BCUT2D eigenvalue weighted by atomic mass is 10.1. The molecule has 0 saturated carbocycles. The molecule has 2 aromatic rings. The summed E-state index contributed by atoms with van der Waals surface area (Å²) in [6.07, 6.45) is 5.23. The van der Waals surface area contributed by atoms with E-state index in [9.17, 15) is 4.79 Å². The SMILES string of the molecule is CC(C)(C)OC(=O)NCc1ccc(/C=C/c2ccnc(Cl)c2)cc1. The van der Waals surface area contributed by atoms with Crippen LogP contribution in [0.15, 0.2) is 42.6 Å². The maximum Gasteiger partial charge on any atom is 0.407 e. The van der Waals surface area contributed by atoms with E-state index in [0.717, 1.165) is 16.7 Å². The van der Waals surface area contributed by atoms with Crippen LogP contribution in [0.25, 0.3) is 12.2 Å². The van der Waals surface area contributed by atoms with Gasteiger partial charge >= 0.3 is 6.09 Å². The Labute approximate surface area is 147 Å². The number of ether oxygens (including phenoxy) is 1. The summed E-state index contributed by atoms with van der Waals surface area (Å²) < 4.78 is 5.20. The Kier molecular flexibility index (Phi) is 5.99. The standard InChI is InChI=1S/C19H21ClN2O2/c1-19(2,3)24-18(23)22-13-16-8-5-14(6-9-16)4-7-15-10-11-21-17(20)12-15/h4-12H,13H2,1-3H3,(H,22,23)/b7-4+. The number of carbonyl (C=O) groups is 1. The molecule has 0 saturated heterocycles. The quantitative estimate of drug-likeness (QED) is 0.800. The summed E-state index contributed by atoms with van der Waals surface area (Å²) in [5.74, 6) is 0. The van der Waals surface area contributed by atoms with E-state index in [1.54, 1.807) is 12.3 Å². The highest BCUT2D eigenvalue weighted by molar-refractivity contribution is 6.29. The summed E-state index contributed by atoms with van der Waals surface area (Å²) >= 11 is 5.86. The van der Waals surface area contributed by atoms with Gasteiger partial charge in [-0.05, 0) is 49.6 Å². The van der Waals surface area contributed by atoms with E-state index >= 15 is 0 Å². The van der Waals surface area contributed by atoms with E-state index < -0.39 is 11.7 Å². The maximum absolute atomic E-state index is 11.6. The van der Waals surface area contributed by atoms with E-state index in [1.165, 1.54) is 0 Å². The van der Waals surface area contributed by atoms with Crippen LogP contribution in [0.2, 0.25) is 5.15 Å². The molecule has 0 fully saturated rings. The number of alkyl carbamates (subject to hydrolysis) is 1. The number of rotatable bonds is 4. The summed E-state index contributed by atoms with van der Waals surface area (Å²) in [6.45, 7) is 5.94. The van der Waals surface area contributed by atoms with E-state index in [4.69, 9.17) is 16.3 Å². The number of nitrogens with one attached hydrogen (secondary N) is 1. The molecule has 0 unspecified atom stereocenters. The number of hydrogen-bond acceptors (Lipinski definition) is 3. The Morgan fingerprint density at radius 3 is 2.46 bits per heavy atom. The molecule has 0 atom stereocenters. The van der Waals surface area contributed by atoms with Crippen molar-refractivity contribution in [2.45, 2.75) is 32.9 Å². The lowest BCUT2D eigenvalue weighted by molar-refractivity contribution is 0.0523. The van der Waals surface area contributed by atoms with E-state index in [1.807, 2.05) is 63.3 Å². The zero-order valence-electron chi connectivity index (χ0n) is 14.0. The molecule has 0 bridgehead atoms. The van der Waals surface area contributed by atoms with Crippen LogP contribution in [0, 0.1) is 0 Å². The van der Waals surface area contributed by atoms with Crippen molar-refractivity contribution in [2.24, 2.45) is 0 Å². The first kappa shape index (κ1) is 18.0. The number of amides is 1. The third-order valence-electron chi connectivity index (χ3n) is 3.03. The summed E-state index contributed by atoms with van der Waals surface area (Å²) in [6, 6.07) is 11.6. The first-order valence-corrected chi connectivity index (χ1v) is 8.05. The molecule has 1 amide bonds. The topological polar surface area (TPSA) is 51.2 Å². The number of pyridine rings is 1. The molecule has 0 radical (unpaired) electrons. The number of benzene rings is 1. The Morgan fingerprint density at radius 2 is 1.83 bits per heavy atom. The molecular formula is C19H21ClN2O2. The van der Waals surface area contributed by atoms with Gasteiger partial charge in [-0.1, -0.05) is 48.0 Å². The zero-order valence-corrected chi connectivity index (χ0v) is 14.8. The minimum absolute atomic E-state index is 0.416. The number of hydrogen-bond donors (Lipinski definition) is 1. The van der Waals surface area contributed by atoms with Gasteiger partial charge in [0.2, 0.25) is 0 Å². The predicted octanol–water partition coefficient (Wildman–Crippen LogP) is 4.93. The lowest BCUT2D eigenvalue weighted by Crippen LogP contribution is -2.32. The van der Waals surface area contributed by atoms with Crippen LogP contribution < -0.4 is 5.32 Å². The zero-order chi connectivity index (χ0) is 17.6. The average molecular weight is 345 g/mol. The minimum atomic E-state index is -0.491. The van der Waals surface area contributed by atoms with Crippen LogP contribution in [0.3, 0.4) is 0 Å². The first-order valence-electron chi connectivity index (χ1n) is 7.67. The molecule has 1 aromatic carbocycles. The minimum Gasteiger partial charge on any atom is -0.444 e. The molecule has 0 spiro atoms. The van der Waals surface area contributed by atoms with Crippen molar-refractivity contribution in [3.8, 4) is 0 Å². The molecular weight excluding hydrogens is 324 g/mol. The van der Waals surface area contributed by atoms with Gasteiger partial charge in [-0.3, -0.25) is 0 Å². The van der Waals surface area contributed by atoms with Gasteiger partial charge in [-0.15, -0.1) is 0 Å². The summed E-state index contributed by atoms with van der Waals surface area (Å²) in [7, 11) is 0. The van der Waals surface area contributed by atoms with Gasteiger partial charge in [0.15, 0.2) is 0 Å². The largest absolute Gasteiger partial charge is 0.444 e. The highest BCUT2D eigenvalue weighted by Gasteiger charge is 2.15. The Hall–Kier alpha value is -2.33. The third-order valence-corrected chi connectivity index (χ3v) is 3.24. The van der Waals surface area contributed by atoms with Gasteiger partial charge in [-0.2, -0.15) is 0 Å². The molecule has 24 heavy (non-hydrogen) atoms. The highest BCUT2D eigenvalue weighted by Crippen LogP contribution is 2.12. The molecule has 4 nitrogen and oxygen atoms in total. The van der Waals surface area contributed by atoms with Gasteiger partial charge in [0, 0.05) is 12.7 Å². The fraction of sp³-hybridized carbons (Fsp3) is 0.263. The van der Waals surface area contributed by atoms with E-state index in [2.05, 4.69) is 10.3 Å². The molecule has 1 heterocycles. The second-order valence-corrected chi connectivity index (χ2v) is 6.73. The van der Waals surface area contributed by atoms with Crippen LogP contribution >= 0.6 is 11.6 Å². The van der Waals surface area contributed by atoms with Gasteiger partial charge in [0.05, 0.1) is 0 Å². The van der Waals surface area contributed by atoms with Crippen molar-refractivity contribution in [2.75, 3.05) is 0 Å². The van der Waals surface area contributed by atoms with Crippen molar-refractivity contribution < 1.29 is 9.53 Å². The fourth-order valence-corrected chi connectivity index (χ4v) is 2.13. The smallest absolute Gasteiger partial charge is 0.407 e. The molecule has 126 valence electrons. The van der Waals surface area contributed by atoms with Gasteiger partial charge in [0.25, 0.3) is 0 Å². The molecule has 0 aliphatic carbocycles. The third kappa shape index (κ3) is 6.42. The Bertz CT molecular complexity index is 719. The van der Waals surface area contributed by atoms with Gasteiger partial charge in [-0.25, -0.2) is 9.78 Å². The van der Waals surface area contributed by atoms with E-state index in [0.29, 0.717) is 11.7 Å². The second kappa shape index (κ2) is 7.97. The summed E-state index contributed by atoms with van der Waals surface area (Å²) in [5, 5.41) is 3.21. The van der Waals surface area contributed by atoms with Crippen LogP contribution in [0.5, 0.6) is 0 Å². The first-order chi connectivity index (χ1) is 11.3. The molecule has 1 aromatic heterocycles. The molecule has 2 rings (SSSR count). The monoisotopic (exact) mass is 344 g/mol. The average Bonchev–Trinajstić information content (AvgIpc) is 2.50. The number of halogens is 1. The lowest BCUT2D eigenvalue weighted by Gasteiger charge is -2.19. The molecule has 1 N–H and O–H groups in total. The summed E-state index contributed by atoms with van der Waals surface area (Å²) in [4.78, 5) is 15.6. The van der Waals surface area contributed by atoms with Crippen molar-refractivity contribution in [1.82, 2.24) is 10.3 Å².